The first-order valence-electron chi connectivity index (χ1n) is 10.3. The second-order valence-electron chi connectivity index (χ2n) is 7.92. The highest BCUT2D eigenvalue weighted by Crippen LogP contribution is 2.43. The quantitative estimate of drug-likeness (QED) is 0.372. The molecule has 32 heavy (non-hydrogen) atoms. The van der Waals surface area contributed by atoms with Crippen LogP contribution >= 0.6 is 0 Å². The van der Waals surface area contributed by atoms with Crippen LogP contribution in [0.2, 0.25) is 0 Å². The van der Waals surface area contributed by atoms with Crippen molar-refractivity contribution < 1.29 is 19.4 Å². The maximum Gasteiger partial charge on any atom is 0.300 e. The van der Waals surface area contributed by atoms with E-state index in [1.807, 2.05) is 39.0 Å². The largest absolute Gasteiger partial charge is 0.507 e. The third-order valence-corrected chi connectivity index (χ3v) is 5.60. The Balaban J connectivity index is 1.99. The minimum absolute atomic E-state index is 0.0161. The van der Waals surface area contributed by atoms with Crippen LogP contribution in [0.15, 0.2) is 66.4 Å². The Hall–Kier alpha value is -3.93. The Morgan fingerprint density at radius 3 is 2.34 bits per heavy atom. The average Bonchev–Trinajstić information content (AvgIpc) is 3.04. The number of Topliss-reactive ketones (excluding diaryl/α,β-unsaturated/α-hetero) is 1. The van der Waals surface area contributed by atoms with E-state index in [0.29, 0.717) is 22.7 Å². The molecular formula is C26H24N2O4. The van der Waals surface area contributed by atoms with Crippen molar-refractivity contribution in [1.29, 1.82) is 0 Å². The number of methoxy groups -OCH3 is 1. The summed E-state index contributed by atoms with van der Waals surface area (Å²) < 4.78 is 5.52. The van der Waals surface area contributed by atoms with Crippen LogP contribution in [-0.4, -0.2) is 28.9 Å². The number of ketones is 1. The molecule has 1 aliphatic heterocycles. The van der Waals surface area contributed by atoms with Crippen LogP contribution in [0.25, 0.3) is 5.76 Å². The van der Waals surface area contributed by atoms with Crippen molar-refractivity contribution in [2.75, 3.05) is 12.0 Å². The fourth-order valence-electron chi connectivity index (χ4n) is 4.17. The van der Waals surface area contributed by atoms with Gasteiger partial charge in [0.25, 0.3) is 11.7 Å². The maximum atomic E-state index is 13.2. The molecule has 1 N–H and O–H groups in total. The number of anilines is 1. The highest BCUT2D eigenvalue weighted by molar-refractivity contribution is 6.51. The molecule has 3 aromatic rings. The van der Waals surface area contributed by atoms with Gasteiger partial charge in [-0.2, -0.15) is 0 Å². The van der Waals surface area contributed by atoms with Crippen LogP contribution in [0.4, 0.5) is 5.69 Å². The van der Waals surface area contributed by atoms with Crippen LogP contribution in [0.1, 0.15) is 34.0 Å². The molecule has 0 aliphatic carbocycles. The van der Waals surface area contributed by atoms with E-state index in [1.54, 1.807) is 42.6 Å². The normalized spacial score (nSPS) is 17.6. The summed E-state index contributed by atoms with van der Waals surface area (Å²) in [5.74, 6) is -1.30. The number of ether oxygens (including phenoxy) is 1. The third-order valence-electron chi connectivity index (χ3n) is 5.60. The summed E-state index contributed by atoms with van der Waals surface area (Å²) in [6, 6.07) is 15.4. The van der Waals surface area contributed by atoms with E-state index in [-0.39, 0.29) is 11.3 Å². The van der Waals surface area contributed by atoms with Crippen molar-refractivity contribution in [3.05, 3.63) is 94.3 Å². The molecule has 6 nitrogen and oxygen atoms in total. The van der Waals surface area contributed by atoms with E-state index in [2.05, 4.69) is 4.98 Å². The third kappa shape index (κ3) is 3.54. The standard InChI is InChI=1S/C26H24N2O4/c1-15-8-10-18(11-9-15)28-22(20-7-5-6-12-27-20)21(24(30)26(28)31)23(29)19-14-16(2)13-17(3)25(19)32-4/h5-14,22,29H,1-4H3/b23-21+. The molecule has 1 saturated heterocycles. The molecule has 0 radical (unpaired) electrons. The molecule has 2 heterocycles. The molecule has 1 aliphatic rings. The number of hydrogen-bond acceptors (Lipinski definition) is 5. The highest BCUT2D eigenvalue weighted by atomic mass is 16.5. The van der Waals surface area contributed by atoms with Gasteiger partial charge in [0.2, 0.25) is 0 Å². The number of rotatable bonds is 4. The lowest BCUT2D eigenvalue weighted by atomic mass is 9.95. The zero-order valence-corrected chi connectivity index (χ0v) is 18.4. The molecule has 1 unspecified atom stereocenters. The van der Waals surface area contributed by atoms with Gasteiger partial charge in [-0.15, -0.1) is 0 Å². The highest BCUT2D eigenvalue weighted by Gasteiger charge is 2.47. The zero-order valence-electron chi connectivity index (χ0n) is 18.4. The second kappa shape index (κ2) is 8.30. The lowest BCUT2D eigenvalue weighted by Gasteiger charge is -2.25. The SMILES string of the molecule is COc1c(C)cc(C)cc1/C(O)=C1\C(=O)C(=O)N(c2ccc(C)cc2)C1c1ccccn1. The minimum atomic E-state index is -0.871. The van der Waals surface area contributed by atoms with Gasteiger partial charge in [-0.05, 0) is 62.2 Å². The Labute approximate surface area is 186 Å². The summed E-state index contributed by atoms with van der Waals surface area (Å²) in [6.45, 7) is 5.70. The van der Waals surface area contributed by atoms with E-state index in [0.717, 1.165) is 16.7 Å². The van der Waals surface area contributed by atoms with Crippen LogP contribution < -0.4 is 9.64 Å². The van der Waals surface area contributed by atoms with Crippen LogP contribution in [0.5, 0.6) is 5.75 Å². The van der Waals surface area contributed by atoms with Gasteiger partial charge < -0.3 is 9.84 Å². The zero-order chi connectivity index (χ0) is 23.0. The Morgan fingerprint density at radius 2 is 1.72 bits per heavy atom. The van der Waals surface area contributed by atoms with Crippen LogP contribution in [-0.2, 0) is 9.59 Å². The molecule has 0 saturated carbocycles. The van der Waals surface area contributed by atoms with E-state index in [9.17, 15) is 14.7 Å². The lowest BCUT2D eigenvalue weighted by molar-refractivity contribution is -0.132. The van der Waals surface area contributed by atoms with Gasteiger partial charge in [0.05, 0.1) is 23.9 Å². The van der Waals surface area contributed by atoms with Gasteiger partial charge in [0.15, 0.2) is 0 Å². The molecule has 1 amide bonds. The first kappa shape index (κ1) is 21.3. The summed E-state index contributed by atoms with van der Waals surface area (Å²) in [5, 5.41) is 11.4. The number of hydrogen-bond donors (Lipinski definition) is 1. The first-order valence-corrected chi connectivity index (χ1v) is 10.3. The number of aliphatic hydroxyl groups excluding tert-OH is 1. The number of aromatic nitrogens is 1. The Kier molecular flexibility index (Phi) is 5.53. The van der Waals surface area contributed by atoms with E-state index >= 15 is 0 Å². The first-order chi connectivity index (χ1) is 15.3. The monoisotopic (exact) mass is 428 g/mol. The summed E-state index contributed by atoms with van der Waals surface area (Å²) in [6.07, 6.45) is 1.60. The second-order valence-corrected chi connectivity index (χ2v) is 7.92. The van der Waals surface area contributed by atoms with E-state index in [4.69, 9.17) is 4.74 Å². The van der Waals surface area contributed by atoms with Crippen molar-refractivity contribution >= 4 is 23.1 Å². The lowest BCUT2D eigenvalue weighted by Crippen LogP contribution is -2.29. The Bertz CT molecular complexity index is 1230. The maximum absolute atomic E-state index is 13.2. The average molecular weight is 428 g/mol. The predicted molar refractivity (Wildman–Crippen MR) is 123 cm³/mol. The number of aryl methyl sites for hydroxylation is 3. The molecular weight excluding hydrogens is 404 g/mol. The number of amides is 1. The number of nitrogens with zero attached hydrogens (tertiary/aromatic N) is 2. The number of aliphatic hydroxyl groups is 1. The van der Waals surface area contributed by atoms with E-state index < -0.39 is 17.7 Å². The van der Waals surface area contributed by atoms with Gasteiger partial charge in [-0.25, -0.2) is 0 Å². The number of carbonyl (C=O) groups is 2. The minimum Gasteiger partial charge on any atom is -0.507 e. The number of benzene rings is 2. The molecule has 4 rings (SSSR count). The Morgan fingerprint density at radius 1 is 1.00 bits per heavy atom. The van der Waals surface area contributed by atoms with Crippen LogP contribution in [0, 0.1) is 20.8 Å². The smallest absolute Gasteiger partial charge is 0.300 e. The topological polar surface area (TPSA) is 79.7 Å². The summed E-state index contributed by atoms with van der Waals surface area (Å²) in [4.78, 5) is 32.2. The van der Waals surface area contributed by atoms with Crippen molar-refractivity contribution in [3.63, 3.8) is 0 Å². The fourth-order valence-corrected chi connectivity index (χ4v) is 4.17. The van der Waals surface area contributed by atoms with Gasteiger partial charge in [0.1, 0.15) is 17.6 Å². The summed E-state index contributed by atoms with van der Waals surface area (Å²) in [7, 11) is 1.51. The summed E-state index contributed by atoms with van der Waals surface area (Å²) in [5.41, 5.74) is 4.13. The van der Waals surface area contributed by atoms with Crippen LogP contribution in [0.3, 0.4) is 0 Å². The van der Waals surface area contributed by atoms with Gasteiger partial charge >= 0.3 is 0 Å². The number of pyridine rings is 1. The fraction of sp³-hybridized carbons (Fsp3) is 0.192. The van der Waals surface area contributed by atoms with Gasteiger partial charge in [0, 0.05) is 11.9 Å². The summed E-state index contributed by atoms with van der Waals surface area (Å²) >= 11 is 0. The van der Waals surface area contributed by atoms with Crippen molar-refractivity contribution in [3.8, 4) is 5.75 Å². The van der Waals surface area contributed by atoms with Crippen molar-refractivity contribution in [2.45, 2.75) is 26.8 Å². The molecule has 1 atom stereocenters. The number of carbonyl (C=O) groups excluding carboxylic acids is 2. The molecule has 1 fully saturated rings. The van der Waals surface area contributed by atoms with Gasteiger partial charge in [-0.3, -0.25) is 19.5 Å². The molecule has 1 aromatic heterocycles. The van der Waals surface area contributed by atoms with Crippen molar-refractivity contribution in [1.82, 2.24) is 4.98 Å². The van der Waals surface area contributed by atoms with Gasteiger partial charge in [-0.1, -0.05) is 29.8 Å². The predicted octanol–water partition coefficient (Wildman–Crippen LogP) is 4.64. The van der Waals surface area contributed by atoms with Crippen molar-refractivity contribution in [2.24, 2.45) is 0 Å². The molecule has 6 heteroatoms. The molecule has 162 valence electrons. The molecule has 0 bridgehead atoms. The molecule has 2 aromatic carbocycles. The van der Waals surface area contributed by atoms with E-state index in [1.165, 1.54) is 12.0 Å². The molecule has 0 spiro atoms.